The minimum absolute atomic E-state index is 0.615. The SMILES string of the molecule is Cc1cnccc1N1CC(CN)CCC1C. The Kier molecular flexibility index (Phi) is 3.44. The summed E-state index contributed by atoms with van der Waals surface area (Å²) < 4.78 is 0. The van der Waals surface area contributed by atoms with E-state index in [2.05, 4.69) is 29.8 Å². The number of aryl methyl sites for hydroxylation is 1. The maximum absolute atomic E-state index is 5.79. The molecule has 0 aromatic carbocycles. The molecule has 2 atom stereocenters. The van der Waals surface area contributed by atoms with Crippen LogP contribution in [0, 0.1) is 12.8 Å². The molecule has 3 heteroatoms. The van der Waals surface area contributed by atoms with E-state index < -0.39 is 0 Å². The zero-order valence-electron chi connectivity index (χ0n) is 10.2. The fourth-order valence-electron chi connectivity index (χ4n) is 2.50. The lowest BCUT2D eigenvalue weighted by molar-refractivity contribution is 0.373. The standard InChI is InChI=1S/C13H21N3/c1-10-8-15-6-5-13(10)16-9-12(7-14)4-3-11(16)2/h5-6,8,11-12H,3-4,7,9,14H2,1-2H3. The Hall–Kier alpha value is -1.09. The monoisotopic (exact) mass is 219 g/mol. The van der Waals surface area contributed by atoms with Gasteiger partial charge in [0.1, 0.15) is 0 Å². The quantitative estimate of drug-likeness (QED) is 0.826. The molecule has 0 saturated carbocycles. The molecule has 1 aromatic rings. The highest BCUT2D eigenvalue weighted by molar-refractivity contribution is 5.52. The largest absolute Gasteiger partial charge is 0.368 e. The minimum atomic E-state index is 0.615. The van der Waals surface area contributed by atoms with Crippen LogP contribution in [0.3, 0.4) is 0 Å². The predicted molar refractivity (Wildman–Crippen MR) is 67.6 cm³/mol. The number of anilines is 1. The molecule has 0 aliphatic carbocycles. The van der Waals surface area contributed by atoms with Crippen molar-refractivity contribution in [2.24, 2.45) is 11.7 Å². The van der Waals surface area contributed by atoms with E-state index in [4.69, 9.17) is 5.73 Å². The molecule has 2 heterocycles. The lowest BCUT2D eigenvalue weighted by atomic mass is 9.92. The second kappa shape index (κ2) is 4.83. The molecular formula is C13H21N3. The van der Waals surface area contributed by atoms with E-state index in [1.807, 2.05) is 12.4 Å². The second-order valence-corrected chi connectivity index (χ2v) is 4.84. The van der Waals surface area contributed by atoms with Crippen LogP contribution >= 0.6 is 0 Å². The summed E-state index contributed by atoms with van der Waals surface area (Å²) in [5.41, 5.74) is 8.36. The number of nitrogens with two attached hydrogens (primary N) is 1. The van der Waals surface area contributed by atoms with Crippen LogP contribution in [0.15, 0.2) is 18.5 Å². The van der Waals surface area contributed by atoms with Crippen LogP contribution in [-0.4, -0.2) is 24.1 Å². The van der Waals surface area contributed by atoms with Crippen LogP contribution in [0.2, 0.25) is 0 Å². The van der Waals surface area contributed by atoms with Gasteiger partial charge in [-0.3, -0.25) is 4.98 Å². The second-order valence-electron chi connectivity index (χ2n) is 4.84. The number of hydrogen-bond donors (Lipinski definition) is 1. The van der Waals surface area contributed by atoms with Crippen LogP contribution in [-0.2, 0) is 0 Å². The number of rotatable bonds is 2. The first-order valence-electron chi connectivity index (χ1n) is 6.09. The fourth-order valence-corrected chi connectivity index (χ4v) is 2.50. The third-order valence-corrected chi connectivity index (χ3v) is 3.61. The Morgan fingerprint density at radius 3 is 3.00 bits per heavy atom. The van der Waals surface area contributed by atoms with E-state index in [0.717, 1.165) is 13.1 Å². The minimum Gasteiger partial charge on any atom is -0.368 e. The van der Waals surface area contributed by atoms with E-state index in [0.29, 0.717) is 12.0 Å². The molecule has 1 saturated heterocycles. The molecule has 1 aliphatic heterocycles. The smallest absolute Gasteiger partial charge is 0.0429 e. The number of nitrogens with zero attached hydrogens (tertiary/aromatic N) is 2. The van der Waals surface area contributed by atoms with Crippen molar-refractivity contribution in [2.75, 3.05) is 18.0 Å². The molecule has 2 unspecified atom stereocenters. The third-order valence-electron chi connectivity index (χ3n) is 3.61. The van der Waals surface area contributed by atoms with Gasteiger partial charge in [0.25, 0.3) is 0 Å². The van der Waals surface area contributed by atoms with Gasteiger partial charge in [0.2, 0.25) is 0 Å². The summed E-state index contributed by atoms with van der Waals surface area (Å²) >= 11 is 0. The highest BCUT2D eigenvalue weighted by Crippen LogP contribution is 2.28. The number of hydrogen-bond acceptors (Lipinski definition) is 3. The molecule has 1 aromatic heterocycles. The highest BCUT2D eigenvalue weighted by Gasteiger charge is 2.25. The van der Waals surface area contributed by atoms with Gasteiger partial charge < -0.3 is 10.6 Å². The maximum atomic E-state index is 5.79. The van der Waals surface area contributed by atoms with Crippen LogP contribution in [0.5, 0.6) is 0 Å². The van der Waals surface area contributed by atoms with E-state index in [1.165, 1.54) is 24.1 Å². The molecule has 2 N–H and O–H groups in total. The highest BCUT2D eigenvalue weighted by atomic mass is 15.2. The molecule has 0 bridgehead atoms. The fraction of sp³-hybridized carbons (Fsp3) is 0.615. The molecule has 1 aliphatic rings. The van der Waals surface area contributed by atoms with Crippen molar-refractivity contribution >= 4 is 5.69 Å². The zero-order chi connectivity index (χ0) is 11.5. The molecule has 3 nitrogen and oxygen atoms in total. The van der Waals surface area contributed by atoms with Gasteiger partial charge >= 0.3 is 0 Å². The van der Waals surface area contributed by atoms with Crippen molar-refractivity contribution < 1.29 is 0 Å². The van der Waals surface area contributed by atoms with E-state index >= 15 is 0 Å². The van der Waals surface area contributed by atoms with Gasteiger partial charge in [-0.1, -0.05) is 0 Å². The van der Waals surface area contributed by atoms with Crippen molar-refractivity contribution in [1.82, 2.24) is 4.98 Å². The van der Waals surface area contributed by atoms with Gasteiger partial charge in [0, 0.05) is 30.7 Å². The van der Waals surface area contributed by atoms with Crippen LogP contribution in [0.4, 0.5) is 5.69 Å². The van der Waals surface area contributed by atoms with Crippen molar-refractivity contribution in [1.29, 1.82) is 0 Å². The summed E-state index contributed by atoms with van der Waals surface area (Å²) in [6, 6.07) is 2.73. The number of aromatic nitrogens is 1. The molecule has 1 fully saturated rings. The number of pyridine rings is 1. The summed E-state index contributed by atoms with van der Waals surface area (Å²) in [6.07, 6.45) is 6.32. The Morgan fingerprint density at radius 1 is 1.50 bits per heavy atom. The van der Waals surface area contributed by atoms with Crippen LogP contribution in [0.25, 0.3) is 0 Å². The lowest BCUT2D eigenvalue weighted by Crippen LogP contribution is -2.44. The van der Waals surface area contributed by atoms with E-state index in [1.54, 1.807) is 0 Å². The van der Waals surface area contributed by atoms with Crippen LogP contribution in [0.1, 0.15) is 25.3 Å². The van der Waals surface area contributed by atoms with Crippen molar-refractivity contribution in [2.45, 2.75) is 32.7 Å². The maximum Gasteiger partial charge on any atom is 0.0429 e. The third kappa shape index (κ3) is 2.19. The van der Waals surface area contributed by atoms with E-state index in [9.17, 15) is 0 Å². The molecule has 0 amide bonds. The topological polar surface area (TPSA) is 42.2 Å². The Labute approximate surface area is 97.7 Å². The van der Waals surface area contributed by atoms with Crippen molar-refractivity contribution in [3.05, 3.63) is 24.0 Å². The molecule has 88 valence electrons. The lowest BCUT2D eigenvalue weighted by Gasteiger charge is -2.40. The summed E-state index contributed by atoms with van der Waals surface area (Å²) in [4.78, 5) is 6.64. The van der Waals surface area contributed by atoms with E-state index in [-0.39, 0.29) is 0 Å². The summed E-state index contributed by atoms with van der Waals surface area (Å²) in [5, 5.41) is 0. The first-order valence-corrected chi connectivity index (χ1v) is 6.09. The van der Waals surface area contributed by atoms with Gasteiger partial charge in [-0.2, -0.15) is 0 Å². The zero-order valence-corrected chi connectivity index (χ0v) is 10.2. The molecule has 0 radical (unpaired) electrons. The van der Waals surface area contributed by atoms with Gasteiger partial charge in [-0.05, 0) is 50.8 Å². The van der Waals surface area contributed by atoms with Gasteiger partial charge in [0.15, 0.2) is 0 Å². The Morgan fingerprint density at radius 2 is 2.31 bits per heavy atom. The van der Waals surface area contributed by atoms with Crippen molar-refractivity contribution in [3.63, 3.8) is 0 Å². The average molecular weight is 219 g/mol. The van der Waals surface area contributed by atoms with Gasteiger partial charge in [-0.25, -0.2) is 0 Å². The summed E-state index contributed by atoms with van der Waals surface area (Å²) in [6.45, 7) is 6.31. The molecular weight excluding hydrogens is 198 g/mol. The normalized spacial score (nSPS) is 25.8. The molecule has 0 spiro atoms. The van der Waals surface area contributed by atoms with Gasteiger partial charge in [0.05, 0.1) is 0 Å². The first-order chi connectivity index (χ1) is 7.72. The van der Waals surface area contributed by atoms with Gasteiger partial charge in [-0.15, -0.1) is 0 Å². The Bertz CT molecular complexity index is 351. The molecule has 2 rings (SSSR count). The van der Waals surface area contributed by atoms with Crippen LogP contribution < -0.4 is 10.6 Å². The number of piperidine rings is 1. The first kappa shape index (κ1) is 11.4. The average Bonchev–Trinajstić information content (AvgIpc) is 2.31. The summed E-state index contributed by atoms with van der Waals surface area (Å²) in [7, 11) is 0. The Balaban J connectivity index is 2.21. The molecule has 16 heavy (non-hydrogen) atoms. The van der Waals surface area contributed by atoms with Crippen molar-refractivity contribution in [3.8, 4) is 0 Å². The summed E-state index contributed by atoms with van der Waals surface area (Å²) in [5.74, 6) is 0.642. The predicted octanol–water partition coefficient (Wildman–Crippen LogP) is 1.95.